The minimum atomic E-state index is -2.50. The first-order valence-electron chi connectivity index (χ1n) is 19.4. The Bertz CT molecular complexity index is 2140. The zero-order valence-corrected chi connectivity index (χ0v) is 33.6. The van der Waals surface area contributed by atoms with Crippen molar-refractivity contribution in [2.75, 3.05) is 43.8 Å². The molecular formula is C44H49N3O8Si. The summed E-state index contributed by atoms with van der Waals surface area (Å²) >= 11 is 0. The lowest BCUT2D eigenvalue weighted by atomic mass is 9.82. The number of para-hydroxylation sites is 2. The van der Waals surface area contributed by atoms with Gasteiger partial charge in [0.05, 0.1) is 65.4 Å². The normalized spacial score (nSPS) is 24.4. The van der Waals surface area contributed by atoms with E-state index in [1.807, 2.05) is 78.9 Å². The number of hydrogen-bond donors (Lipinski definition) is 1. The molecule has 1 N–H and O–H groups in total. The molecule has 4 heterocycles. The van der Waals surface area contributed by atoms with Crippen LogP contribution in [0.4, 0.5) is 17.1 Å². The summed E-state index contributed by atoms with van der Waals surface area (Å²) in [7, 11) is 0.758. The molecule has 4 aromatic rings. The summed E-state index contributed by atoms with van der Waals surface area (Å²) in [6.45, 7) is 7.44. The molecule has 292 valence electrons. The molecule has 56 heavy (non-hydrogen) atoms. The lowest BCUT2D eigenvalue weighted by Crippen LogP contribution is -2.52. The summed E-state index contributed by atoms with van der Waals surface area (Å²) in [6, 6.07) is 28.8. The molecule has 8 rings (SSSR count). The van der Waals surface area contributed by atoms with E-state index in [2.05, 4.69) is 32.2 Å². The van der Waals surface area contributed by atoms with E-state index in [9.17, 15) is 14.7 Å². The molecule has 4 aliphatic heterocycles. The second-order valence-electron chi connectivity index (χ2n) is 15.9. The summed E-state index contributed by atoms with van der Waals surface area (Å²) in [5.74, 6) is 1.31. The quantitative estimate of drug-likeness (QED) is 0.198. The van der Waals surface area contributed by atoms with Crippen molar-refractivity contribution in [3.05, 3.63) is 102 Å². The number of anilines is 3. The highest BCUT2D eigenvalue weighted by Gasteiger charge is 2.66. The number of aliphatic hydroxyl groups is 1. The van der Waals surface area contributed by atoms with E-state index >= 15 is 4.79 Å². The van der Waals surface area contributed by atoms with E-state index < -0.39 is 19.8 Å². The third-order valence-corrected chi connectivity index (χ3v) is 16.9. The summed E-state index contributed by atoms with van der Waals surface area (Å²) in [5, 5.41) is 11.3. The monoisotopic (exact) mass is 775 g/mol. The Hall–Kier alpha value is -5.17. The zero-order valence-electron chi connectivity index (χ0n) is 32.6. The average Bonchev–Trinajstić information content (AvgIpc) is 3.88. The first-order chi connectivity index (χ1) is 27.0. The number of rotatable bonds is 10. The fourth-order valence-electron chi connectivity index (χ4n) is 9.74. The SMILES string of the molecule is COc1ccc([Si](C)(C)[C@H]2[C@H](CC(=O)N3CCC[C@H]3CO)O[C@@]3(C(=O)N(Cc4ccc(N5C(=O)COc6ccccc65)cc4)c4ccc(OC)cc43)[C@@H]2C)cc1. The van der Waals surface area contributed by atoms with E-state index in [0.717, 1.165) is 35.4 Å². The molecule has 0 radical (unpaired) electrons. The standard InChI is InChI=1S/C44H49N3O8Si/c1-28-42(56(4,5)34-19-16-32(52-2)17-20-34)39(24-40(49)45-22-8-9-31(45)26-48)55-44(28)35-23-33(53-3)18-21-36(35)46(43(44)51)25-29-12-14-30(15-13-29)47-37-10-6-7-11-38(37)54-27-41(47)50/h6-7,10-21,23,28,31,39,42,48H,8-9,22,24-27H2,1-5H3/t28-,31+,39+,42-,44+/m1/s1. The topological polar surface area (TPSA) is 118 Å². The van der Waals surface area contributed by atoms with Crippen LogP contribution in [0.5, 0.6) is 17.2 Å². The van der Waals surface area contributed by atoms with Gasteiger partial charge in [-0.15, -0.1) is 0 Å². The molecule has 0 saturated carbocycles. The minimum absolute atomic E-state index is 0.0483. The van der Waals surface area contributed by atoms with Gasteiger partial charge < -0.3 is 33.9 Å². The van der Waals surface area contributed by atoms with Crippen LogP contribution in [0.25, 0.3) is 0 Å². The molecular weight excluding hydrogens is 727 g/mol. The maximum absolute atomic E-state index is 15.3. The van der Waals surface area contributed by atoms with Crippen LogP contribution in [0.1, 0.15) is 37.3 Å². The van der Waals surface area contributed by atoms with Crippen LogP contribution in [0.2, 0.25) is 18.6 Å². The number of nitrogens with zero attached hydrogens (tertiary/aromatic N) is 3. The lowest BCUT2D eigenvalue weighted by molar-refractivity contribution is -0.150. The van der Waals surface area contributed by atoms with Crippen molar-refractivity contribution in [1.29, 1.82) is 0 Å². The number of amides is 3. The number of benzene rings is 4. The van der Waals surface area contributed by atoms with Crippen LogP contribution in [0.3, 0.4) is 0 Å². The second-order valence-corrected chi connectivity index (χ2v) is 20.5. The summed E-state index contributed by atoms with van der Waals surface area (Å²) in [4.78, 5) is 47.7. The molecule has 1 spiro atoms. The Balaban J connectivity index is 1.16. The van der Waals surface area contributed by atoms with Crippen LogP contribution >= 0.6 is 0 Å². The van der Waals surface area contributed by atoms with Crippen molar-refractivity contribution in [3.63, 3.8) is 0 Å². The highest BCUT2D eigenvalue weighted by atomic mass is 28.3. The Morgan fingerprint density at radius 3 is 2.36 bits per heavy atom. The predicted molar refractivity (Wildman–Crippen MR) is 216 cm³/mol. The van der Waals surface area contributed by atoms with E-state index in [0.29, 0.717) is 29.4 Å². The third-order valence-electron chi connectivity index (χ3n) is 12.6. The van der Waals surface area contributed by atoms with Gasteiger partial charge in [0.15, 0.2) is 12.2 Å². The van der Waals surface area contributed by atoms with Crippen LogP contribution in [0.15, 0.2) is 91.0 Å². The molecule has 4 aromatic carbocycles. The molecule has 5 atom stereocenters. The number of fused-ring (bicyclic) bond motifs is 3. The van der Waals surface area contributed by atoms with Crippen LogP contribution in [-0.2, 0) is 31.3 Å². The average molecular weight is 776 g/mol. The summed E-state index contributed by atoms with van der Waals surface area (Å²) < 4.78 is 24.1. The number of carbonyl (C=O) groups is 3. The zero-order chi connectivity index (χ0) is 39.4. The summed E-state index contributed by atoms with van der Waals surface area (Å²) in [5.41, 5.74) is 2.23. The van der Waals surface area contributed by atoms with Gasteiger partial charge in [0.25, 0.3) is 11.8 Å². The number of methoxy groups -OCH3 is 2. The van der Waals surface area contributed by atoms with Gasteiger partial charge in [-0.3, -0.25) is 19.3 Å². The molecule has 0 unspecified atom stereocenters. The van der Waals surface area contributed by atoms with Crippen molar-refractivity contribution >= 4 is 48.0 Å². The van der Waals surface area contributed by atoms with Crippen molar-refractivity contribution in [1.82, 2.24) is 4.90 Å². The predicted octanol–water partition coefficient (Wildman–Crippen LogP) is 5.90. The highest BCUT2D eigenvalue weighted by molar-refractivity contribution is 6.91. The molecule has 12 heteroatoms. The smallest absolute Gasteiger partial charge is 0.269 e. The Labute approximate surface area is 328 Å². The van der Waals surface area contributed by atoms with Crippen molar-refractivity contribution < 1.29 is 38.4 Å². The molecule has 0 aromatic heterocycles. The first kappa shape index (κ1) is 37.7. The molecule has 2 fully saturated rings. The van der Waals surface area contributed by atoms with Crippen molar-refractivity contribution in [3.8, 4) is 17.2 Å². The number of aliphatic hydroxyl groups excluding tert-OH is 1. The van der Waals surface area contributed by atoms with Gasteiger partial charge in [0.2, 0.25) is 5.91 Å². The molecule has 11 nitrogen and oxygen atoms in total. The van der Waals surface area contributed by atoms with Crippen molar-refractivity contribution in [2.24, 2.45) is 5.92 Å². The molecule has 4 aliphatic rings. The van der Waals surface area contributed by atoms with E-state index in [1.54, 1.807) is 28.9 Å². The third kappa shape index (κ3) is 6.14. The van der Waals surface area contributed by atoms with Crippen LogP contribution in [-0.4, -0.2) is 81.9 Å². The minimum Gasteiger partial charge on any atom is -0.497 e. The number of hydrogen-bond acceptors (Lipinski definition) is 8. The van der Waals surface area contributed by atoms with Gasteiger partial charge >= 0.3 is 0 Å². The molecule has 0 aliphatic carbocycles. The maximum Gasteiger partial charge on any atom is 0.269 e. The number of likely N-dealkylation sites (tertiary alicyclic amines) is 1. The maximum atomic E-state index is 15.3. The van der Waals surface area contributed by atoms with Gasteiger partial charge in [-0.2, -0.15) is 0 Å². The largest absolute Gasteiger partial charge is 0.497 e. The number of ether oxygens (including phenoxy) is 4. The Kier molecular flexibility index (Phi) is 9.92. The summed E-state index contributed by atoms with van der Waals surface area (Å²) in [6.07, 6.45) is 1.16. The van der Waals surface area contributed by atoms with Crippen LogP contribution < -0.4 is 29.2 Å². The van der Waals surface area contributed by atoms with Gasteiger partial charge in [-0.1, -0.05) is 61.6 Å². The highest BCUT2D eigenvalue weighted by Crippen LogP contribution is 2.60. The first-order valence-corrected chi connectivity index (χ1v) is 22.5. The fourth-order valence-corrected chi connectivity index (χ4v) is 13.7. The lowest BCUT2D eigenvalue weighted by Gasteiger charge is -2.37. The van der Waals surface area contributed by atoms with Crippen LogP contribution in [0, 0.1) is 5.92 Å². The van der Waals surface area contributed by atoms with Crippen molar-refractivity contribution in [2.45, 2.75) is 69.1 Å². The van der Waals surface area contributed by atoms with Gasteiger partial charge in [0.1, 0.15) is 17.2 Å². The van der Waals surface area contributed by atoms with Gasteiger partial charge in [-0.25, -0.2) is 0 Å². The Morgan fingerprint density at radius 2 is 1.64 bits per heavy atom. The molecule has 3 amide bonds. The second kappa shape index (κ2) is 14.7. The van der Waals surface area contributed by atoms with Gasteiger partial charge in [0, 0.05) is 23.7 Å². The van der Waals surface area contributed by atoms with E-state index in [-0.39, 0.29) is 61.4 Å². The van der Waals surface area contributed by atoms with E-state index in [4.69, 9.17) is 18.9 Å². The fraction of sp³-hybridized carbons (Fsp3) is 0.386. The Morgan fingerprint density at radius 1 is 0.929 bits per heavy atom. The number of carbonyl (C=O) groups excluding carboxylic acids is 3. The molecule has 2 saturated heterocycles. The van der Waals surface area contributed by atoms with E-state index in [1.165, 1.54) is 5.19 Å². The molecule has 0 bridgehead atoms. The van der Waals surface area contributed by atoms with Gasteiger partial charge in [-0.05, 0) is 78.5 Å².